The minimum atomic E-state index is 0.932. The van der Waals surface area contributed by atoms with Crippen LogP contribution in [0.2, 0.25) is 0 Å². The maximum atomic E-state index is 6.29. The first-order chi connectivity index (χ1) is 20.2. The Hall–Kier alpha value is -5.14. The lowest BCUT2D eigenvalue weighted by Crippen LogP contribution is -1.93. The van der Waals surface area contributed by atoms with Crippen LogP contribution in [0.3, 0.4) is 0 Å². The van der Waals surface area contributed by atoms with Crippen molar-refractivity contribution in [3.63, 3.8) is 0 Å². The van der Waals surface area contributed by atoms with Gasteiger partial charge < -0.3 is 4.42 Å². The summed E-state index contributed by atoms with van der Waals surface area (Å²) >= 11 is 0. The van der Waals surface area contributed by atoms with Crippen molar-refractivity contribution >= 4 is 65.7 Å². The third-order valence-electron chi connectivity index (χ3n) is 8.55. The molecule has 1 heteroatoms. The normalized spacial score (nSPS) is 12.3. The molecule has 0 saturated carbocycles. The maximum Gasteiger partial charge on any atom is 0.135 e. The number of furan rings is 1. The molecule has 0 aliphatic rings. The van der Waals surface area contributed by atoms with Gasteiger partial charge in [-0.05, 0) is 91.3 Å². The number of allylic oxidation sites excluding steroid dienone is 1. The summed E-state index contributed by atoms with van der Waals surface area (Å²) in [6, 6.07) is 45.9. The highest BCUT2D eigenvalue weighted by molar-refractivity contribution is 6.22. The zero-order valence-corrected chi connectivity index (χ0v) is 23.1. The first kappa shape index (κ1) is 23.7. The van der Waals surface area contributed by atoms with E-state index in [1.807, 2.05) is 0 Å². The van der Waals surface area contributed by atoms with Gasteiger partial charge in [-0.15, -0.1) is 0 Å². The van der Waals surface area contributed by atoms with Crippen LogP contribution in [-0.4, -0.2) is 0 Å². The van der Waals surface area contributed by atoms with Gasteiger partial charge in [0, 0.05) is 10.9 Å². The molecule has 0 spiro atoms. The molecule has 7 aromatic carbocycles. The Balaban J connectivity index is 1.46. The lowest BCUT2D eigenvalue weighted by atomic mass is 9.84. The fourth-order valence-corrected chi connectivity index (χ4v) is 6.76. The fraction of sp³-hybridized carbons (Fsp3) is 0.0500. The first-order valence-corrected chi connectivity index (χ1v) is 14.2. The van der Waals surface area contributed by atoms with Gasteiger partial charge in [-0.1, -0.05) is 121 Å². The Morgan fingerprint density at radius 3 is 1.76 bits per heavy atom. The van der Waals surface area contributed by atoms with E-state index < -0.39 is 0 Å². The van der Waals surface area contributed by atoms with Crippen LogP contribution in [0.4, 0.5) is 0 Å². The molecule has 8 rings (SSSR count). The quantitative estimate of drug-likeness (QED) is 0.210. The van der Waals surface area contributed by atoms with Gasteiger partial charge in [-0.3, -0.25) is 0 Å². The van der Waals surface area contributed by atoms with Gasteiger partial charge in [-0.25, -0.2) is 0 Å². The highest BCUT2D eigenvalue weighted by atomic mass is 16.3. The van der Waals surface area contributed by atoms with Crippen LogP contribution < -0.4 is 0 Å². The summed E-state index contributed by atoms with van der Waals surface area (Å²) in [4.78, 5) is 0. The van der Waals surface area contributed by atoms with E-state index in [9.17, 15) is 0 Å². The summed E-state index contributed by atoms with van der Waals surface area (Å²) < 4.78 is 6.29. The van der Waals surface area contributed by atoms with Crippen LogP contribution in [0.15, 0.2) is 132 Å². The lowest BCUT2D eigenvalue weighted by molar-refractivity contribution is 0.577. The maximum absolute atomic E-state index is 6.29. The van der Waals surface area contributed by atoms with Crippen LogP contribution in [0.1, 0.15) is 23.8 Å². The van der Waals surface area contributed by atoms with Crippen molar-refractivity contribution in [1.29, 1.82) is 0 Å². The minimum Gasteiger partial charge on any atom is -0.461 e. The molecule has 0 amide bonds. The molecule has 0 N–H and O–H groups in total. The third-order valence-corrected chi connectivity index (χ3v) is 8.55. The Morgan fingerprint density at radius 2 is 1.07 bits per heavy atom. The molecule has 0 aliphatic carbocycles. The third kappa shape index (κ3) is 3.63. The molecule has 0 atom stereocenters. The van der Waals surface area contributed by atoms with Crippen molar-refractivity contribution in [2.75, 3.05) is 0 Å². The smallest absolute Gasteiger partial charge is 0.135 e. The SMILES string of the molecule is C/C(=C\c1c(C)oc2ccc3ccccc3c12)c1c2ccccc2c(-c2cccc3ccccc23)c2ccccc12. The van der Waals surface area contributed by atoms with E-state index in [2.05, 4.69) is 147 Å². The summed E-state index contributed by atoms with van der Waals surface area (Å²) in [5.74, 6) is 0.941. The average molecular weight is 525 g/mol. The van der Waals surface area contributed by atoms with Crippen LogP contribution in [-0.2, 0) is 0 Å². The first-order valence-electron chi connectivity index (χ1n) is 14.2. The number of rotatable bonds is 3. The number of aryl methyl sites for hydroxylation is 1. The summed E-state index contributed by atoms with van der Waals surface area (Å²) in [6.45, 7) is 4.32. The molecule has 1 nitrogen and oxygen atoms in total. The van der Waals surface area contributed by atoms with Crippen LogP contribution in [0.25, 0.3) is 76.8 Å². The molecule has 0 fully saturated rings. The number of fused-ring (bicyclic) bond motifs is 6. The second-order valence-corrected chi connectivity index (χ2v) is 10.9. The topological polar surface area (TPSA) is 13.1 Å². The predicted octanol–water partition coefficient (Wildman–Crippen LogP) is 11.6. The zero-order valence-electron chi connectivity index (χ0n) is 23.1. The van der Waals surface area contributed by atoms with Crippen molar-refractivity contribution < 1.29 is 4.42 Å². The number of hydrogen-bond donors (Lipinski definition) is 0. The molecule has 41 heavy (non-hydrogen) atoms. The Morgan fingerprint density at radius 1 is 0.537 bits per heavy atom. The van der Waals surface area contributed by atoms with Crippen molar-refractivity contribution in [2.24, 2.45) is 0 Å². The molecular formula is C40H28O. The number of hydrogen-bond acceptors (Lipinski definition) is 1. The van der Waals surface area contributed by atoms with Gasteiger partial charge >= 0.3 is 0 Å². The van der Waals surface area contributed by atoms with Crippen LogP contribution in [0, 0.1) is 6.92 Å². The second kappa shape index (κ2) is 9.21. The monoisotopic (exact) mass is 524 g/mol. The summed E-state index contributed by atoms with van der Waals surface area (Å²) in [6.07, 6.45) is 2.33. The van der Waals surface area contributed by atoms with Crippen molar-refractivity contribution in [3.8, 4) is 11.1 Å². The molecule has 1 heterocycles. The van der Waals surface area contributed by atoms with Crippen LogP contribution in [0.5, 0.6) is 0 Å². The van der Waals surface area contributed by atoms with Crippen molar-refractivity contribution in [3.05, 3.63) is 144 Å². The molecule has 0 bridgehead atoms. The van der Waals surface area contributed by atoms with Crippen molar-refractivity contribution in [2.45, 2.75) is 13.8 Å². The Labute approximate surface area is 239 Å². The molecule has 0 aliphatic heterocycles. The highest BCUT2D eigenvalue weighted by Gasteiger charge is 2.19. The van der Waals surface area contributed by atoms with Crippen molar-refractivity contribution in [1.82, 2.24) is 0 Å². The zero-order chi connectivity index (χ0) is 27.5. The summed E-state index contributed by atoms with van der Waals surface area (Å²) in [5, 5.41) is 11.2. The van der Waals surface area contributed by atoms with Crippen LogP contribution >= 0.6 is 0 Å². The molecule has 1 aromatic heterocycles. The van der Waals surface area contributed by atoms with E-state index in [1.165, 1.54) is 70.7 Å². The predicted molar refractivity (Wildman–Crippen MR) is 176 cm³/mol. The van der Waals surface area contributed by atoms with Gasteiger partial charge in [0.25, 0.3) is 0 Å². The molecule has 194 valence electrons. The van der Waals surface area contributed by atoms with E-state index in [-0.39, 0.29) is 0 Å². The van der Waals surface area contributed by atoms with E-state index >= 15 is 0 Å². The average Bonchev–Trinajstić information content (AvgIpc) is 3.34. The second-order valence-electron chi connectivity index (χ2n) is 10.9. The van der Waals surface area contributed by atoms with Gasteiger partial charge in [0.15, 0.2) is 0 Å². The Kier molecular flexibility index (Phi) is 5.33. The van der Waals surface area contributed by atoms with Gasteiger partial charge in [0.2, 0.25) is 0 Å². The molecule has 0 radical (unpaired) electrons. The largest absolute Gasteiger partial charge is 0.461 e. The van der Waals surface area contributed by atoms with Gasteiger partial charge in [-0.2, -0.15) is 0 Å². The molecule has 8 aromatic rings. The number of benzene rings is 7. The van der Waals surface area contributed by atoms with E-state index in [0.29, 0.717) is 0 Å². The molecular weight excluding hydrogens is 496 g/mol. The van der Waals surface area contributed by atoms with E-state index in [0.717, 1.165) is 16.9 Å². The Bertz CT molecular complexity index is 2270. The van der Waals surface area contributed by atoms with E-state index in [1.54, 1.807) is 0 Å². The minimum absolute atomic E-state index is 0.932. The lowest BCUT2D eigenvalue weighted by Gasteiger charge is -2.19. The van der Waals surface area contributed by atoms with E-state index in [4.69, 9.17) is 4.42 Å². The fourth-order valence-electron chi connectivity index (χ4n) is 6.76. The van der Waals surface area contributed by atoms with Gasteiger partial charge in [0.1, 0.15) is 11.3 Å². The molecule has 0 unspecified atom stereocenters. The summed E-state index contributed by atoms with van der Waals surface area (Å²) in [7, 11) is 0. The highest BCUT2D eigenvalue weighted by Crippen LogP contribution is 2.44. The van der Waals surface area contributed by atoms with Gasteiger partial charge in [0.05, 0.1) is 0 Å². The standard InChI is InChI=1S/C40H28O/c1-25(24-36-26(2)41-37-23-22-28-13-4-6-16-30(28)40(36)37)38-32-17-7-9-19-34(32)39(35-20-10-8-18-33(35)38)31-21-11-14-27-12-3-5-15-29(27)31/h3-24H,1-2H3/b25-24+. The molecule has 0 saturated heterocycles. The summed E-state index contributed by atoms with van der Waals surface area (Å²) in [5.41, 5.74) is 7.14.